The lowest BCUT2D eigenvalue weighted by Crippen LogP contribution is -2.36. The number of nitrogens with two attached hydrogens (primary N) is 1. The third kappa shape index (κ3) is 3.46. The van der Waals surface area contributed by atoms with Crippen LogP contribution in [-0.4, -0.2) is 47.9 Å². The summed E-state index contributed by atoms with van der Waals surface area (Å²) in [5.41, 5.74) is 4.97. The van der Waals surface area contributed by atoms with Crippen molar-refractivity contribution in [2.24, 2.45) is 5.73 Å². The topological polar surface area (TPSA) is 125 Å². The van der Waals surface area contributed by atoms with Crippen LogP contribution in [0.3, 0.4) is 0 Å². The van der Waals surface area contributed by atoms with Crippen molar-refractivity contribution in [3.05, 3.63) is 27.8 Å². The zero-order valence-corrected chi connectivity index (χ0v) is 13.4. The zero-order valence-electron chi connectivity index (χ0n) is 13.4. The maximum atomic E-state index is 12.7. The van der Waals surface area contributed by atoms with Gasteiger partial charge in [0.05, 0.1) is 24.1 Å². The summed E-state index contributed by atoms with van der Waals surface area (Å²) in [4.78, 5) is 35.8. The van der Waals surface area contributed by atoms with E-state index in [1.807, 2.05) is 0 Å². The normalized spacial score (nSPS) is 18.1. The Hall–Kier alpha value is -2.68. The number of benzene rings is 1. The van der Waals surface area contributed by atoms with Crippen molar-refractivity contribution < 1.29 is 24.0 Å². The minimum atomic E-state index is -0.710. The van der Waals surface area contributed by atoms with Gasteiger partial charge in [0, 0.05) is 12.6 Å². The molecular weight excluding hydrogens is 318 g/mol. The van der Waals surface area contributed by atoms with Gasteiger partial charge in [-0.2, -0.15) is 0 Å². The molecule has 1 unspecified atom stereocenters. The first-order chi connectivity index (χ1) is 11.4. The third-order valence-corrected chi connectivity index (χ3v) is 3.74. The van der Waals surface area contributed by atoms with Crippen molar-refractivity contribution in [3.8, 4) is 11.5 Å². The minimum Gasteiger partial charge on any atom is -0.493 e. The molecule has 1 fully saturated rings. The maximum Gasteiger partial charge on any atom is 0.286 e. The van der Waals surface area contributed by atoms with Crippen LogP contribution in [0.5, 0.6) is 11.5 Å². The summed E-state index contributed by atoms with van der Waals surface area (Å²) >= 11 is 0. The van der Waals surface area contributed by atoms with Gasteiger partial charge in [-0.3, -0.25) is 20.6 Å². The van der Waals surface area contributed by atoms with E-state index >= 15 is 0 Å². The number of amides is 1. The minimum absolute atomic E-state index is 0.0732. The van der Waals surface area contributed by atoms with Crippen LogP contribution in [0.1, 0.15) is 30.1 Å². The SMILES string of the molecule is COc1cc(C(=O)N2CCCC2C=O)c([N+](=O)[O-])cc1O[C@@H](C)N. The summed E-state index contributed by atoms with van der Waals surface area (Å²) in [7, 11) is 1.35. The summed E-state index contributed by atoms with van der Waals surface area (Å²) in [5.74, 6) is -0.353. The number of methoxy groups -OCH3 is 1. The molecule has 9 heteroatoms. The van der Waals surface area contributed by atoms with E-state index in [0.717, 1.165) is 6.07 Å². The van der Waals surface area contributed by atoms with E-state index in [1.54, 1.807) is 6.92 Å². The molecular formula is C15H19N3O6. The van der Waals surface area contributed by atoms with Gasteiger partial charge in [-0.05, 0) is 19.8 Å². The number of ether oxygens (including phenoxy) is 2. The summed E-state index contributed by atoms with van der Waals surface area (Å²) in [6.07, 6.45) is 1.19. The van der Waals surface area contributed by atoms with Crippen LogP contribution >= 0.6 is 0 Å². The molecule has 130 valence electrons. The van der Waals surface area contributed by atoms with Gasteiger partial charge in [-0.1, -0.05) is 0 Å². The lowest BCUT2D eigenvalue weighted by atomic mass is 10.1. The molecule has 1 aliphatic heterocycles. The molecule has 0 spiro atoms. The molecule has 0 bridgehead atoms. The number of nitrogens with zero attached hydrogens (tertiary/aromatic N) is 2. The molecule has 1 aromatic rings. The monoisotopic (exact) mass is 337 g/mol. The Morgan fingerprint density at radius 2 is 2.21 bits per heavy atom. The molecule has 1 heterocycles. The number of carbonyl (C=O) groups is 2. The third-order valence-electron chi connectivity index (χ3n) is 3.74. The van der Waals surface area contributed by atoms with Crippen LogP contribution in [0.25, 0.3) is 0 Å². The van der Waals surface area contributed by atoms with Crippen LogP contribution in [0.4, 0.5) is 5.69 Å². The Labute approximate surface area is 138 Å². The number of hydrogen-bond acceptors (Lipinski definition) is 7. The highest BCUT2D eigenvalue weighted by molar-refractivity contribution is 6.00. The molecule has 9 nitrogen and oxygen atoms in total. The number of likely N-dealkylation sites (tertiary alicyclic amines) is 1. The van der Waals surface area contributed by atoms with Gasteiger partial charge in [-0.15, -0.1) is 0 Å². The lowest BCUT2D eigenvalue weighted by Gasteiger charge is -2.21. The van der Waals surface area contributed by atoms with Crippen LogP contribution in [0, 0.1) is 10.1 Å². The average Bonchev–Trinajstić information content (AvgIpc) is 3.01. The van der Waals surface area contributed by atoms with Gasteiger partial charge >= 0.3 is 0 Å². The van der Waals surface area contributed by atoms with E-state index in [-0.39, 0.29) is 17.1 Å². The van der Waals surface area contributed by atoms with Crippen molar-refractivity contribution in [1.82, 2.24) is 4.90 Å². The molecule has 0 aromatic heterocycles. The Balaban J connectivity index is 2.49. The van der Waals surface area contributed by atoms with E-state index in [0.29, 0.717) is 25.7 Å². The van der Waals surface area contributed by atoms with Crippen molar-refractivity contribution in [3.63, 3.8) is 0 Å². The predicted molar refractivity (Wildman–Crippen MR) is 84.0 cm³/mol. The Morgan fingerprint density at radius 3 is 2.75 bits per heavy atom. The summed E-state index contributed by atoms with van der Waals surface area (Å²) in [6, 6.07) is 1.79. The molecule has 2 rings (SSSR count). The molecule has 1 aromatic carbocycles. The highest BCUT2D eigenvalue weighted by Gasteiger charge is 2.34. The van der Waals surface area contributed by atoms with Crippen molar-refractivity contribution in [2.45, 2.75) is 32.0 Å². The highest BCUT2D eigenvalue weighted by Crippen LogP contribution is 2.36. The van der Waals surface area contributed by atoms with E-state index < -0.39 is 28.8 Å². The number of rotatable bonds is 6. The molecule has 1 amide bonds. The van der Waals surface area contributed by atoms with Crippen LogP contribution in [-0.2, 0) is 4.79 Å². The molecule has 0 radical (unpaired) electrons. The second-order valence-corrected chi connectivity index (χ2v) is 5.44. The number of aldehydes is 1. The highest BCUT2D eigenvalue weighted by atomic mass is 16.6. The molecule has 2 N–H and O–H groups in total. The predicted octanol–water partition coefficient (Wildman–Crippen LogP) is 1.09. The number of carbonyl (C=O) groups excluding carboxylic acids is 2. The van der Waals surface area contributed by atoms with Gasteiger partial charge in [0.1, 0.15) is 18.1 Å². The van der Waals surface area contributed by atoms with Crippen molar-refractivity contribution >= 4 is 17.9 Å². The first kappa shape index (κ1) is 17.7. The van der Waals surface area contributed by atoms with Crippen molar-refractivity contribution in [1.29, 1.82) is 0 Å². The molecule has 0 aliphatic carbocycles. The summed E-state index contributed by atoms with van der Waals surface area (Å²) in [5, 5.41) is 11.4. The number of nitro benzene ring substituents is 1. The van der Waals surface area contributed by atoms with E-state index in [1.165, 1.54) is 18.1 Å². The van der Waals surface area contributed by atoms with E-state index in [2.05, 4.69) is 0 Å². The second kappa shape index (κ2) is 7.26. The largest absolute Gasteiger partial charge is 0.493 e. The van der Waals surface area contributed by atoms with Gasteiger partial charge in [0.25, 0.3) is 11.6 Å². The van der Waals surface area contributed by atoms with Crippen molar-refractivity contribution in [2.75, 3.05) is 13.7 Å². The quantitative estimate of drug-likeness (QED) is 0.356. The average molecular weight is 337 g/mol. The Bertz CT molecular complexity index is 661. The maximum absolute atomic E-state index is 12.7. The lowest BCUT2D eigenvalue weighted by molar-refractivity contribution is -0.385. The summed E-state index contributed by atoms with van der Waals surface area (Å²) in [6.45, 7) is 1.93. The van der Waals surface area contributed by atoms with Crippen LogP contribution in [0.2, 0.25) is 0 Å². The number of nitro groups is 1. The molecule has 24 heavy (non-hydrogen) atoms. The summed E-state index contributed by atoms with van der Waals surface area (Å²) < 4.78 is 10.4. The van der Waals surface area contributed by atoms with Gasteiger partial charge in [0.15, 0.2) is 11.5 Å². The van der Waals surface area contributed by atoms with Gasteiger partial charge < -0.3 is 19.2 Å². The standard InChI is InChI=1S/C15H19N3O6/c1-9(16)24-14-7-12(18(21)22)11(6-13(14)23-2)15(20)17-5-3-4-10(17)8-19/h6-10H,3-5,16H2,1-2H3/t9-,10?/m0/s1. The Morgan fingerprint density at radius 1 is 1.50 bits per heavy atom. The fourth-order valence-corrected chi connectivity index (χ4v) is 2.66. The molecule has 1 saturated heterocycles. The van der Waals surface area contributed by atoms with Gasteiger partial charge in [0.2, 0.25) is 0 Å². The van der Waals surface area contributed by atoms with Gasteiger partial charge in [-0.25, -0.2) is 0 Å². The van der Waals surface area contributed by atoms with E-state index in [9.17, 15) is 19.7 Å². The fraction of sp³-hybridized carbons (Fsp3) is 0.467. The molecule has 2 atom stereocenters. The Kier molecular flexibility index (Phi) is 5.35. The van der Waals surface area contributed by atoms with Crippen LogP contribution < -0.4 is 15.2 Å². The van der Waals surface area contributed by atoms with Crippen LogP contribution in [0.15, 0.2) is 12.1 Å². The fourth-order valence-electron chi connectivity index (χ4n) is 2.66. The molecule has 0 saturated carbocycles. The van der Waals surface area contributed by atoms with E-state index in [4.69, 9.17) is 15.2 Å². The first-order valence-corrected chi connectivity index (χ1v) is 7.44. The first-order valence-electron chi connectivity index (χ1n) is 7.44. The molecule has 1 aliphatic rings. The second-order valence-electron chi connectivity index (χ2n) is 5.44. The number of hydrogen-bond donors (Lipinski definition) is 1. The zero-order chi connectivity index (χ0) is 17.9. The smallest absolute Gasteiger partial charge is 0.286 e.